The summed E-state index contributed by atoms with van der Waals surface area (Å²) >= 11 is 0. The summed E-state index contributed by atoms with van der Waals surface area (Å²) in [6.45, 7) is 3.76. The molecule has 0 aromatic carbocycles. The first-order chi connectivity index (χ1) is 10.3. The highest BCUT2D eigenvalue weighted by molar-refractivity contribution is 5.76. The summed E-state index contributed by atoms with van der Waals surface area (Å²) < 4.78 is 0. The molecule has 1 saturated heterocycles. The van der Waals surface area contributed by atoms with Crippen molar-refractivity contribution in [3.05, 3.63) is 0 Å². The minimum atomic E-state index is 0.0609. The van der Waals surface area contributed by atoms with Crippen LogP contribution in [0.5, 0.6) is 0 Å². The normalized spacial score (nSPS) is 18.5. The summed E-state index contributed by atoms with van der Waals surface area (Å²) in [5.41, 5.74) is 0. The number of piperidine rings is 1. The number of amides is 1. The van der Waals surface area contributed by atoms with Crippen molar-refractivity contribution in [3.63, 3.8) is 0 Å². The molecule has 1 aliphatic heterocycles. The molecule has 21 heavy (non-hydrogen) atoms. The molecule has 0 radical (unpaired) electrons. The number of nitrogens with zero attached hydrogens (tertiary/aromatic N) is 2. The average molecular weight is 292 g/mol. The van der Waals surface area contributed by atoms with Crippen LogP contribution in [0.3, 0.4) is 0 Å². The van der Waals surface area contributed by atoms with Gasteiger partial charge in [-0.3, -0.25) is 4.79 Å². The minimum absolute atomic E-state index is 0.0609. The zero-order chi connectivity index (χ0) is 15.3. The summed E-state index contributed by atoms with van der Waals surface area (Å²) in [6, 6.07) is 2.30. The predicted octanol–water partition coefficient (Wildman–Crippen LogP) is 4.67. The van der Waals surface area contributed by atoms with Crippen molar-refractivity contribution < 1.29 is 4.79 Å². The van der Waals surface area contributed by atoms with Gasteiger partial charge in [0.15, 0.2) is 0 Å². The Morgan fingerprint density at radius 3 is 2.33 bits per heavy atom. The highest BCUT2D eigenvalue weighted by Crippen LogP contribution is 2.17. The van der Waals surface area contributed by atoms with Crippen LogP contribution in [0.1, 0.15) is 84.0 Å². The van der Waals surface area contributed by atoms with Crippen LogP contribution < -0.4 is 0 Å². The van der Waals surface area contributed by atoms with Gasteiger partial charge in [0.25, 0.3) is 0 Å². The van der Waals surface area contributed by atoms with Gasteiger partial charge in [-0.05, 0) is 19.3 Å². The molecule has 1 heterocycles. The lowest BCUT2D eigenvalue weighted by Crippen LogP contribution is -2.39. The fraction of sp³-hybridized carbons (Fsp3) is 0.889. The fourth-order valence-electron chi connectivity index (χ4n) is 3.05. The molecule has 1 atom stereocenters. The largest absolute Gasteiger partial charge is 0.341 e. The van der Waals surface area contributed by atoms with Crippen molar-refractivity contribution in [1.29, 1.82) is 5.26 Å². The van der Waals surface area contributed by atoms with Crippen LogP contribution in [-0.4, -0.2) is 23.9 Å². The van der Waals surface area contributed by atoms with Gasteiger partial charge >= 0.3 is 0 Å². The van der Waals surface area contributed by atoms with Gasteiger partial charge in [0.1, 0.15) is 0 Å². The summed E-state index contributed by atoms with van der Waals surface area (Å²) in [7, 11) is 0. The van der Waals surface area contributed by atoms with Crippen molar-refractivity contribution >= 4 is 5.91 Å². The van der Waals surface area contributed by atoms with Crippen molar-refractivity contribution in [1.82, 2.24) is 4.90 Å². The first kappa shape index (κ1) is 18.0. The molecule has 1 aliphatic rings. The average Bonchev–Trinajstić information content (AvgIpc) is 2.53. The molecule has 0 saturated carbocycles. The van der Waals surface area contributed by atoms with Gasteiger partial charge in [0.2, 0.25) is 5.91 Å². The first-order valence-corrected chi connectivity index (χ1v) is 8.95. The van der Waals surface area contributed by atoms with E-state index in [0.717, 1.165) is 25.8 Å². The van der Waals surface area contributed by atoms with Crippen molar-refractivity contribution in [2.45, 2.75) is 84.0 Å². The fourth-order valence-corrected chi connectivity index (χ4v) is 3.05. The van der Waals surface area contributed by atoms with E-state index in [9.17, 15) is 4.79 Å². The number of unbranched alkanes of at least 4 members (excludes halogenated alkanes) is 8. The molecule has 1 rings (SSSR count). The van der Waals surface area contributed by atoms with Crippen molar-refractivity contribution in [2.75, 3.05) is 13.1 Å². The van der Waals surface area contributed by atoms with Gasteiger partial charge < -0.3 is 4.90 Å². The first-order valence-electron chi connectivity index (χ1n) is 8.95. The van der Waals surface area contributed by atoms with E-state index >= 15 is 0 Å². The molecule has 0 bridgehead atoms. The van der Waals surface area contributed by atoms with Crippen molar-refractivity contribution in [2.24, 2.45) is 5.92 Å². The third-order valence-electron chi connectivity index (χ3n) is 4.45. The molecule has 3 heteroatoms. The Hall–Kier alpha value is -1.04. The van der Waals surface area contributed by atoms with Gasteiger partial charge in [-0.1, -0.05) is 58.3 Å². The second kappa shape index (κ2) is 11.6. The van der Waals surface area contributed by atoms with E-state index in [-0.39, 0.29) is 11.8 Å². The Labute approximate surface area is 130 Å². The smallest absolute Gasteiger partial charge is 0.222 e. The summed E-state index contributed by atoms with van der Waals surface area (Å²) in [6.07, 6.45) is 14.2. The Morgan fingerprint density at radius 1 is 1.10 bits per heavy atom. The van der Waals surface area contributed by atoms with E-state index in [1.807, 2.05) is 4.90 Å². The molecule has 0 spiro atoms. The Balaban J connectivity index is 1.97. The molecule has 1 unspecified atom stereocenters. The maximum Gasteiger partial charge on any atom is 0.222 e. The molecule has 1 fully saturated rings. The van der Waals surface area contributed by atoms with E-state index in [0.29, 0.717) is 13.0 Å². The number of carbonyl (C=O) groups is 1. The lowest BCUT2D eigenvalue weighted by atomic mass is 9.99. The van der Waals surface area contributed by atoms with Crippen LogP contribution in [-0.2, 0) is 4.79 Å². The Morgan fingerprint density at radius 2 is 1.71 bits per heavy atom. The highest BCUT2D eigenvalue weighted by atomic mass is 16.2. The van der Waals surface area contributed by atoms with E-state index in [1.54, 1.807) is 0 Å². The van der Waals surface area contributed by atoms with Gasteiger partial charge in [-0.15, -0.1) is 0 Å². The lowest BCUT2D eigenvalue weighted by molar-refractivity contribution is -0.132. The SMILES string of the molecule is CCCCCCCCCCCC(=O)N1CCCC(C#N)C1. The minimum Gasteiger partial charge on any atom is -0.341 e. The van der Waals surface area contributed by atoms with Gasteiger partial charge in [0, 0.05) is 19.5 Å². The summed E-state index contributed by atoms with van der Waals surface area (Å²) in [5.74, 6) is 0.323. The molecule has 120 valence electrons. The monoisotopic (exact) mass is 292 g/mol. The zero-order valence-electron chi connectivity index (χ0n) is 13.8. The maximum absolute atomic E-state index is 12.1. The maximum atomic E-state index is 12.1. The quantitative estimate of drug-likeness (QED) is 0.549. The number of carbonyl (C=O) groups excluding carboxylic acids is 1. The Bertz CT molecular complexity index is 322. The lowest BCUT2D eigenvalue weighted by Gasteiger charge is -2.29. The van der Waals surface area contributed by atoms with Crippen molar-refractivity contribution in [3.8, 4) is 6.07 Å². The van der Waals surface area contributed by atoms with E-state index in [2.05, 4.69) is 13.0 Å². The standard InChI is InChI=1S/C18H32N2O/c1-2-3-4-5-6-7-8-9-10-13-18(21)20-14-11-12-17(15-19)16-20/h17H,2-14,16H2,1H3. The van der Waals surface area contributed by atoms with Gasteiger partial charge in [-0.2, -0.15) is 5.26 Å². The van der Waals surface area contributed by atoms with Gasteiger partial charge in [0.05, 0.1) is 12.0 Å². The molecule has 0 aromatic rings. The van der Waals surface area contributed by atoms with Gasteiger partial charge in [-0.25, -0.2) is 0 Å². The van der Waals surface area contributed by atoms with Crippen LogP contribution in [0, 0.1) is 17.2 Å². The third-order valence-corrected chi connectivity index (χ3v) is 4.45. The third kappa shape index (κ3) is 8.09. The van der Waals surface area contributed by atoms with E-state index in [1.165, 1.54) is 51.4 Å². The molecule has 0 N–H and O–H groups in total. The summed E-state index contributed by atoms with van der Waals surface area (Å²) in [4.78, 5) is 14.0. The second-order valence-electron chi connectivity index (χ2n) is 6.39. The number of hydrogen-bond acceptors (Lipinski definition) is 2. The molecule has 0 aromatic heterocycles. The predicted molar refractivity (Wildman–Crippen MR) is 86.8 cm³/mol. The van der Waals surface area contributed by atoms with Crippen LogP contribution in [0.4, 0.5) is 0 Å². The van der Waals surface area contributed by atoms with E-state index < -0.39 is 0 Å². The molecule has 3 nitrogen and oxygen atoms in total. The van der Waals surface area contributed by atoms with Crippen LogP contribution in [0.2, 0.25) is 0 Å². The zero-order valence-corrected chi connectivity index (χ0v) is 13.8. The number of likely N-dealkylation sites (tertiary alicyclic amines) is 1. The number of nitriles is 1. The van der Waals surface area contributed by atoms with E-state index in [4.69, 9.17) is 5.26 Å². The van der Waals surface area contributed by atoms with Crippen LogP contribution in [0.25, 0.3) is 0 Å². The highest BCUT2D eigenvalue weighted by Gasteiger charge is 2.22. The molecule has 0 aliphatic carbocycles. The summed E-state index contributed by atoms with van der Waals surface area (Å²) in [5, 5.41) is 8.95. The Kier molecular flexibility index (Phi) is 9.95. The van der Waals surface area contributed by atoms with Crippen LogP contribution in [0.15, 0.2) is 0 Å². The number of rotatable bonds is 10. The van der Waals surface area contributed by atoms with Crippen LogP contribution >= 0.6 is 0 Å². The topological polar surface area (TPSA) is 44.1 Å². The molecular formula is C18H32N2O. The number of hydrogen-bond donors (Lipinski definition) is 0. The molecular weight excluding hydrogens is 260 g/mol. The molecule has 1 amide bonds. The second-order valence-corrected chi connectivity index (χ2v) is 6.39.